The number of esters is 1. The third kappa shape index (κ3) is 3.85. The molecule has 2 heterocycles. The van der Waals surface area contributed by atoms with Crippen molar-refractivity contribution >= 4 is 51.9 Å². The van der Waals surface area contributed by atoms with Gasteiger partial charge in [-0.25, -0.2) is 4.90 Å². The first kappa shape index (κ1) is 21.5. The molecule has 1 aromatic heterocycles. The van der Waals surface area contributed by atoms with Crippen LogP contribution in [0, 0.1) is 3.57 Å². The SMILES string of the molecule is CSc1n[n+]2c(c(=O)[nH]1)-c1ccccc1N(C(C)=O)[C@@H]2c1cc(I)ccc1OC(C)=O. The van der Waals surface area contributed by atoms with Crippen LogP contribution < -0.4 is 19.9 Å². The maximum atomic E-state index is 13.1. The highest BCUT2D eigenvalue weighted by Gasteiger charge is 2.46. The highest BCUT2D eigenvalue weighted by molar-refractivity contribution is 14.1. The number of anilines is 1. The maximum absolute atomic E-state index is 13.1. The zero-order valence-electron chi connectivity index (χ0n) is 16.9. The molecule has 0 radical (unpaired) electrons. The van der Waals surface area contributed by atoms with E-state index in [1.807, 2.05) is 6.07 Å². The fraction of sp³-hybridized carbons (Fsp3) is 0.190. The molecule has 0 spiro atoms. The van der Waals surface area contributed by atoms with Crippen LogP contribution in [-0.2, 0) is 9.59 Å². The lowest BCUT2D eigenvalue weighted by molar-refractivity contribution is -0.763. The van der Waals surface area contributed by atoms with Crippen molar-refractivity contribution in [3.05, 3.63) is 62.0 Å². The van der Waals surface area contributed by atoms with Crippen LogP contribution in [0.25, 0.3) is 11.3 Å². The Kier molecular flexibility index (Phi) is 5.84. The summed E-state index contributed by atoms with van der Waals surface area (Å²) in [4.78, 5) is 42.1. The van der Waals surface area contributed by atoms with Gasteiger partial charge in [0, 0.05) is 22.5 Å². The maximum Gasteiger partial charge on any atom is 0.325 e. The Morgan fingerprint density at radius 1 is 1.23 bits per heavy atom. The topological polar surface area (TPSA) is 96.2 Å². The Labute approximate surface area is 195 Å². The van der Waals surface area contributed by atoms with E-state index in [4.69, 9.17) is 4.74 Å². The number of nitrogens with one attached hydrogen (secondary N) is 1. The van der Waals surface area contributed by atoms with Gasteiger partial charge in [0.25, 0.3) is 6.17 Å². The Bertz CT molecular complexity index is 1280. The number of carbonyl (C=O) groups is 2. The van der Waals surface area contributed by atoms with E-state index in [2.05, 4.69) is 32.7 Å². The normalized spacial score (nSPS) is 14.6. The van der Waals surface area contributed by atoms with Crippen LogP contribution in [0.5, 0.6) is 5.75 Å². The van der Waals surface area contributed by atoms with Gasteiger partial charge >= 0.3 is 17.2 Å². The van der Waals surface area contributed by atoms with Crippen molar-refractivity contribution in [3.8, 4) is 17.0 Å². The summed E-state index contributed by atoms with van der Waals surface area (Å²) in [6, 6.07) is 12.5. The molecule has 0 unspecified atom stereocenters. The van der Waals surface area contributed by atoms with E-state index in [1.54, 1.807) is 47.6 Å². The van der Waals surface area contributed by atoms with Crippen LogP contribution in [0.15, 0.2) is 52.4 Å². The quantitative estimate of drug-likeness (QED) is 0.178. The molecule has 0 saturated carbocycles. The minimum absolute atomic E-state index is 0.240. The number of carbonyl (C=O) groups excluding carboxylic acids is 2. The molecule has 8 nitrogen and oxygen atoms in total. The van der Waals surface area contributed by atoms with Crippen molar-refractivity contribution in [1.82, 2.24) is 10.1 Å². The van der Waals surface area contributed by atoms with Gasteiger partial charge in [0.05, 0.1) is 16.8 Å². The Balaban J connectivity index is 2.11. The van der Waals surface area contributed by atoms with Gasteiger partial charge in [-0.1, -0.05) is 23.9 Å². The van der Waals surface area contributed by atoms with Gasteiger partial charge in [0.1, 0.15) is 5.75 Å². The lowest BCUT2D eigenvalue weighted by Crippen LogP contribution is -2.60. The third-order valence-electron chi connectivity index (χ3n) is 4.79. The second-order valence-corrected chi connectivity index (χ2v) is 8.85. The lowest BCUT2D eigenvalue weighted by atomic mass is 10.0. The average molecular weight is 549 g/mol. The number of rotatable bonds is 3. The summed E-state index contributed by atoms with van der Waals surface area (Å²) in [5, 5.41) is 5.02. The number of hydrogen-bond donors (Lipinski definition) is 1. The molecule has 0 fully saturated rings. The van der Waals surface area contributed by atoms with Crippen LogP contribution in [0.2, 0.25) is 0 Å². The highest BCUT2D eigenvalue weighted by Crippen LogP contribution is 2.40. The summed E-state index contributed by atoms with van der Waals surface area (Å²) >= 11 is 3.44. The molecule has 1 aliphatic heterocycles. The van der Waals surface area contributed by atoms with E-state index < -0.39 is 12.1 Å². The molecule has 2 aromatic carbocycles. The van der Waals surface area contributed by atoms with Crippen molar-refractivity contribution in [2.75, 3.05) is 11.2 Å². The summed E-state index contributed by atoms with van der Waals surface area (Å²) in [5.41, 5.74) is 1.72. The number of nitrogens with zero attached hydrogens (tertiary/aromatic N) is 3. The summed E-state index contributed by atoms with van der Waals surface area (Å²) in [5.74, 6) is -0.423. The predicted molar refractivity (Wildman–Crippen MR) is 124 cm³/mol. The van der Waals surface area contributed by atoms with Gasteiger partial charge in [-0.15, -0.1) is 0 Å². The number of aromatic amines is 1. The molecule has 0 bridgehead atoms. The number of benzene rings is 2. The van der Waals surface area contributed by atoms with Crippen LogP contribution in [0.1, 0.15) is 25.6 Å². The number of thioether (sulfide) groups is 1. The van der Waals surface area contributed by atoms with E-state index in [0.717, 1.165) is 3.57 Å². The number of halogens is 1. The minimum Gasteiger partial charge on any atom is -0.426 e. The van der Waals surface area contributed by atoms with E-state index in [-0.39, 0.29) is 11.5 Å². The van der Waals surface area contributed by atoms with Gasteiger partial charge in [-0.3, -0.25) is 19.4 Å². The average Bonchev–Trinajstić information content (AvgIpc) is 2.73. The number of amides is 1. The fourth-order valence-electron chi connectivity index (χ4n) is 3.65. The minimum atomic E-state index is -0.820. The van der Waals surface area contributed by atoms with Gasteiger partial charge in [-0.05, 0) is 63.9 Å². The highest BCUT2D eigenvalue weighted by atomic mass is 127. The zero-order valence-corrected chi connectivity index (χ0v) is 19.9. The van der Waals surface area contributed by atoms with Crippen molar-refractivity contribution in [2.24, 2.45) is 0 Å². The van der Waals surface area contributed by atoms with Crippen molar-refractivity contribution < 1.29 is 19.0 Å². The van der Waals surface area contributed by atoms with Crippen molar-refractivity contribution in [1.29, 1.82) is 0 Å². The fourth-order valence-corrected chi connectivity index (χ4v) is 4.53. The van der Waals surface area contributed by atoms with Crippen LogP contribution in [-0.4, -0.2) is 28.2 Å². The van der Waals surface area contributed by atoms with E-state index in [1.165, 1.54) is 30.3 Å². The molecular formula is C21H18IN4O4S+. The van der Waals surface area contributed by atoms with Gasteiger partial charge in [-0.2, -0.15) is 0 Å². The molecular weight excluding hydrogens is 531 g/mol. The van der Waals surface area contributed by atoms with Gasteiger partial charge in [0.15, 0.2) is 0 Å². The summed E-state index contributed by atoms with van der Waals surface area (Å²) in [6.07, 6.45) is 0.981. The predicted octanol–water partition coefficient (Wildman–Crippen LogP) is 2.89. The van der Waals surface area contributed by atoms with E-state index >= 15 is 0 Å². The van der Waals surface area contributed by atoms with E-state index in [9.17, 15) is 14.4 Å². The zero-order chi connectivity index (χ0) is 22.3. The lowest BCUT2D eigenvalue weighted by Gasteiger charge is -2.31. The number of fused-ring (bicyclic) bond motifs is 3. The number of ether oxygens (including phenoxy) is 1. The van der Waals surface area contributed by atoms with Gasteiger partial charge < -0.3 is 4.74 Å². The van der Waals surface area contributed by atoms with E-state index in [0.29, 0.717) is 33.4 Å². The second kappa shape index (κ2) is 8.42. The molecule has 1 amide bonds. The first-order chi connectivity index (χ1) is 14.8. The number of hydrogen-bond acceptors (Lipinski definition) is 6. The molecule has 31 heavy (non-hydrogen) atoms. The second-order valence-electron chi connectivity index (χ2n) is 6.81. The first-order valence-corrected chi connectivity index (χ1v) is 11.6. The molecule has 1 atom stereocenters. The largest absolute Gasteiger partial charge is 0.426 e. The standard InChI is InChI=1S/C21H17IN4O4S/c1-11(27)25-16-7-5-4-6-14(16)18-19(29)23-21(31-3)24-26(18)20(25)15-10-13(22)8-9-17(15)30-12(2)28/h4-10,20H,1-3H3/p+1/t20-/m0/s1. The first-order valence-electron chi connectivity index (χ1n) is 9.29. The summed E-state index contributed by atoms with van der Waals surface area (Å²) < 4.78 is 7.87. The molecule has 3 aromatic rings. The Morgan fingerprint density at radius 2 is 1.97 bits per heavy atom. The molecule has 10 heteroatoms. The Morgan fingerprint density at radius 3 is 2.65 bits per heavy atom. The third-order valence-corrected chi connectivity index (χ3v) is 6.04. The van der Waals surface area contributed by atoms with Crippen LogP contribution in [0.4, 0.5) is 5.69 Å². The molecule has 0 aliphatic carbocycles. The van der Waals surface area contributed by atoms with Crippen LogP contribution >= 0.6 is 34.4 Å². The number of H-pyrrole nitrogens is 1. The molecule has 158 valence electrons. The van der Waals surface area contributed by atoms with Crippen LogP contribution in [0.3, 0.4) is 0 Å². The summed E-state index contributed by atoms with van der Waals surface area (Å²) in [6.45, 7) is 2.77. The monoisotopic (exact) mass is 549 g/mol. The summed E-state index contributed by atoms with van der Waals surface area (Å²) in [7, 11) is 0. The molecule has 0 saturated heterocycles. The molecule has 1 aliphatic rings. The number of aromatic nitrogens is 3. The van der Waals surface area contributed by atoms with Gasteiger partial charge in [0.2, 0.25) is 11.1 Å². The molecule has 4 rings (SSSR count). The number of para-hydroxylation sites is 1. The smallest absolute Gasteiger partial charge is 0.325 e. The Hall–Kier alpha value is -2.73. The van der Waals surface area contributed by atoms with Crippen molar-refractivity contribution in [2.45, 2.75) is 25.2 Å². The molecule has 1 N–H and O–H groups in total. The van der Waals surface area contributed by atoms with Crippen molar-refractivity contribution in [3.63, 3.8) is 0 Å².